The summed E-state index contributed by atoms with van der Waals surface area (Å²) in [6, 6.07) is 6.89. The number of halogens is 7. The third kappa shape index (κ3) is 9.04. The molecule has 2 N–H and O–H groups in total. The summed E-state index contributed by atoms with van der Waals surface area (Å²) in [6.45, 7) is 8.31. The van der Waals surface area contributed by atoms with Crippen LogP contribution in [0, 0.1) is 28.7 Å². The minimum atomic E-state index is -5.56. The van der Waals surface area contributed by atoms with E-state index in [1.54, 1.807) is 19.1 Å². The van der Waals surface area contributed by atoms with E-state index in [2.05, 4.69) is 18.6 Å². The molecule has 0 aromatic heterocycles. The Balaban J connectivity index is 0.000000414. The number of benzene rings is 2. The molecule has 7 nitrogen and oxygen atoms in total. The third-order valence-corrected chi connectivity index (χ3v) is 7.14. The van der Waals surface area contributed by atoms with Crippen LogP contribution in [0.1, 0.15) is 65.9 Å². The van der Waals surface area contributed by atoms with Gasteiger partial charge in [0.15, 0.2) is 22.1 Å². The molecule has 41 heavy (non-hydrogen) atoms. The lowest BCUT2D eigenvalue weighted by molar-refractivity contribution is -0.260. The van der Waals surface area contributed by atoms with E-state index in [1.165, 1.54) is 13.8 Å². The summed E-state index contributed by atoms with van der Waals surface area (Å²) in [4.78, 5) is 9.51. The Bertz CT molecular complexity index is 1290. The predicted octanol–water partition coefficient (Wildman–Crippen LogP) is 6.72. The van der Waals surface area contributed by atoms with Gasteiger partial charge in [-0.05, 0) is 57.2 Å². The lowest BCUT2D eigenvalue weighted by Gasteiger charge is -2.26. The fourth-order valence-electron chi connectivity index (χ4n) is 2.72. The van der Waals surface area contributed by atoms with Crippen LogP contribution in [-0.2, 0) is 14.9 Å². The van der Waals surface area contributed by atoms with Crippen LogP contribution in [0.5, 0.6) is 11.5 Å². The molecule has 0 aliphatic rings. The summed E-state index contributed by atoms with van der Waals surface area (Å²) < 4.78 is 131. The average Bonchev–Trinajstić information content (AvgIpc) is 2.87. The van der Waals surface area contributed by atoms with Crippen LogP contribution in [0.15, 0.2) is 29.2 Å². The van der Waals surface area contributed by atoms with Crippen molar-refractivity contribution in [2.24, 2.45) is 5.41 Å². The van der Waals surface area contributed by atoms with Crippen molar-refractivity contribution in [3.63, 3.8) is 0 Å². The van der Waals surface area contributed by atoms with Gasteiger partial charge in [-0.2, -0.15) is 30.4 Å². The van der Waals surface area contributed by atoms with E-state index in [0.29, 0.717) is 18.6 Å². The second-order valence-corrected chi connectivity index (χ2v) is 11.3. The Labute approximate surface area is 233 Å². The van der Waals surface area contributed by atoms with Crippen molar-refractivity contribution >= 4 is 16.1 Å². The fraction of sp³-hybridized carbons (Fsp3) is 0.500. The number of carbonyl (C=O) groups excluding carboxylic acids is 1. The van der Waals surface area contributed by atoms with Crippen molar-refractivity contribution in [1.82, 2.24) is 0 Å². The first-order valence-electron chi connectivity index (χ1n) is 12.1. The van der Waals surface area contributed by atoms with Gasteiger partial charge in [-0.15, -0.1) is 0 Å². The number of carbonyl (C=O) groups is 1. The standard InChI is InChI=1S/C14H19F3O2.C12H12F4O5S/c1-4-10(2)11-5-7-12(8-6-11)19-9-13(3,18)14(15,16)17;1-4-12(2,3)11(17)21-9-5(13)7(15)10(22(18,19)20)8(16)6(9)14/h5-8,10,18H,4,9H2,1-3H3;4H2,1-3H3,(H,18,19,20). The molecule has 2 aromatic carbocycles. The quantitative estimate of drug-likeness (QED) is 0.105. The van der Waals surface area contributed by atoms with Crippen LogP contribution < -0.4 is 9.47 Å². The smallest absolute Gasteiger partial charge is 0.420 e. The highest BCUT2D eigenvalue weighted by atomic mass is 32.2. The number of esters is 1. The first-order valence-corrected chi connectivity index (χ1v) is 13.5. The van der Waals surface area contributed by atoms with Gasteiger partial charge in [0.1, 0.15) is 12.4 Å². The van der Waals surface area contributed by atoms with E-state index in [9.17, 15) is 49.1 Å². The van der Waals surface area contributed by atoms with Crippen LogP contribution in [0.4, 0.5) is 30.7 Å². The molecule has 0 fully saturated rings. The zero-order chi connectivity index (χ0) is 32.1. The summed E-state index contributed by atoms with van der Waals surface area (Å²) in [5, 5.41) is 9.24. The minimum absolute atomic E-state index is 0.198. The van der Waals surface area contributed by atoms with Gasteiger partial charge in [0.05, 0.1) is 5.41 Å². The van der Waals surface area contributed by atoms with Crippen molar-refractivity contribution in [3.05, 3.63) is 53.1 Å². The van der Waals surface area contributed by atoms with Crippen molar-refractivity contribution in [1.29, 1.82) is 0 Å². The van der Waals surface area contributed by atoms with Crippen molar-refractivity contribution in [3.8, 4) is 11.5 Å². The summed E-state index contributed by atoms with van der Waals surface area (Å²) in [5.74, 6) is -11.4. The summed E-state index contributed by atoms with van der Waals surface area (Å²) in [6.07, 6.45) is -3.52. The Kier molecular flexibility index (Phi) is 11.8. The maximum absolute atomic E-state index is 13.7. The highest BCUT2D eigenvalue weighted by molar-refractivity contribution is 7.85. The summed E-state index contributed by atoms with van der Waals surface area (Å²) in [7, 11) is -5.56. The average molecular weight is 621 g/mol. The van der Waals surface area contributed by atoms with Crippen LogP contribution in [-0.4, -0.2) is 42.4 Å². The number of hydrogen-bond acceptors (Lipinski definition) is 6. The monoisotopic (exact) mass is 620 g/mol. The van der Waals surface area contributed by atoms with Gasteiger partial charge in [-0.25, -0.2) is 8.78 Å². The second kappa shape index (κ2) is 13.4. The van der Waals surface area contributed by atoms with Crippen molar-refractivity contribution < 1.29 is 63.1 Å². The maximum atomic E-state index is 13.7. The number of rotatable bonds is 9. The first-order chi connectivity index (χ1) is 18.5. The van der Waals surface area contributed by atoms with Gasteiger partial charge in [-0.3, -0.25) is 9.35 Å². The van der Waals surface area contributed by atoms with E-state index in [1.807, 2.05) is 12.1 Å². The molecule has 0 spiro atoms. The van der Waals surface area contributed by atoms with Crippen LogP contribution in [0.25, 0.3) is 0 Å². The third-order valence-electron chi connectivity index (χ3n) is 6.26. The summed E-state index contributed by atoms with van der Waals surface area (Å²) in [5.41, 5.74) is -2.94. The molecule has 0 heterocycles. The fourth-order valence-corrected chi connectivity index (χ4v) is 3.35. The van der Waals surface area contributed by atoms with Gasteiger partial charge in [0.25, 0.3) is 0 Å². The molecule has 2 unspecified atom stereocenters. The lowest BCUT2D eigenvalue weighted by Crippen LogP contribution is -2.47. The molecule has 0 radical (unpaired) electrons. The molecule has 2 atom stereocenters. The van der Waals surface area contributed by atoms with E-state index >= 15 is 0 Å². The largest absolute Gasteiger partial charge is 0.490 e. The van der Waals surface area contributed by atoms with E-state index in [4.69, 9.17) is 9.29 Å². The van der Waals surface area contributed by atoms with Gasteiger partial charge in [0, 0.05) is 0 Å². The molecule has 232 valence electrons. The Morgan fingerprint density at radius 1 is 0.927 bits per heavy atom. The van der Waals surface area contributed by atoms with Gasteiger partial charge in [-0.1, -0.05) is 32.9 Å². The van der Waals surface area contributed by atoms with Gasteiger partial charge >= 0.3 is 22.3 Å². The topological polar surface area (TPSA) is 110 Å². The zero-order valence-corrected chi connectivity index (χ0v) is 23.8. The number of ether oxygens (including phenoxy) is 2. The minimum Gasteiger partial charge on any atom is -0.490 e. The molecule has 2 rings (SSSR count). The number of aliphatic hydroxyl groups is 1. The molecular weight excluding hydrogens is 589 g/mol. The Morgan fingerprint density at radius 2 is 1.39 bits per heavy atom. The summed E-state index contributed by atoms with van der Waals surface area (Å²) >= 11 is 0. The number of alkyl halides is 3. The molecule has 15 heteroatoms. The molecule has 0 bridgehead atoms. The normalized spacial score (nSPS) is 14.4. The molecule has 0 saturated carbocycles. The lowest BCUT2D eigenvalue weighted by atomic mass is 9.91. The van der Waals surface area contributed by atoms with Gasteiger partial charge < -0.3 is 14.6 Å². The van der Waals surface area contributed by atoms with Crippen molar-refractivity contribution in [2.45, 2.75) is 77.0 Å². The van der Waals surface area contributed by atoms with Gasteiger partial charge in [0.2, 0.25) is 17.4 Å². The predicted molar refractivity (Wildman–Crippen MR) is 133 cm³/mol. The number of hydrogen-bond donors (Lipinski definition) is 2. The molecule has 2 aromatic rings. The zero-order valence-electron chi connectivity index (χ0n) is 23.0. The van der Waals surface area contributed by atoms with Crippen LogP contribution >= 0.6 is 0 Å². The SMILES string of the molecule is CCC(C)(C)C(=O)Oc1c(F)c(F)c(S(=O)(=O)O)c(F)c1F.CCC(C)c1ccc(OCC(C)(O)C(F)(F)F)cc1. The van der Waals surface area contributed by atoms with E-state index in [0.717, 1.165) is 12.0 Å². The maximum Gasteiger partial charge on any atom is 0.420 e. The van der Waals surface area contributed by atoms with Crippen molar-refractivity contribution in [2.75, 3.05) is 6.61 Å². The Hall–Kier alpha value is -2.91. The second-order valence-electron chi connectivity index (χ2n) is 9.95. The molecule has 0 aliphatic heterocycles. The van der Waals surface area contributed by atoms with Crippen LogP contribution in [0.2, 0.25) is 0 Å². The van der Waals surface area contributed by atoms with E-state index in [-0.39, 0.29) is 6.42 Å². The molecular formula is C26H31F7O7S. The Morgan fingerprint density at radius 3 is 1.76 bits per heavy atom. The van der Waals surface area contributed by atoms with Crippen LogP contribution in [0.3, 0.4) is 0 Å². The molecule has 0 saturated heterocycles. The van der Waals surface area contributed by atoms with E-state index < -0.39 is 73.8 Å². The molecule has 0 amide bonds. The molecule has 0 aliphatic carbocycles. The highest BCUT2D eigenvalue weighted by Crippen LogP contribution is 2.34. The first kappa shape index (κ1) is 36.1. The highest BCUT2D eigenvalue weighted by Gasteiger charge is 2.50.